The highest BCUT2D eigenvalue weighted by molar-refractivity contribution is 5.44. The maximum atomic E-state index is 9.07. The summed E-state index contributed by atoms with van der Waals surface area (Å²) < 4.78 is 0. The van der Waals surface area contributed by atoms with Crippen molar-refractivity contribution in [2.75, 3.05) is 13.1 Å². The predicted octanol–water partition coefficient (Wildman–Crippen LogP) is 3.33. The van der Waals surface area contributed by atoms with Gasteiger partial charge >= 0.3 is 0 Å². The van der Waals surface area contributed by atoms with Crippen molar-refractivity contribution in [3.63, 3.8) is 0 Å². The summed E-state index contributed by atoms with van der Waals surface area (Å²) in [6.45, 7) is 1.79. The minimum absolute atomic E-state index is 0.201. The first-order valence-corrected chi connectivity index (χ1v) is 7.66. The van der Waals surface area contributed by atoms with Crippen LogP contribution in [0, 0.1) is 17.2 Å². The van der Waals surface area contributed by atoms with E-state index in [0.717, 1.165) is 25.9 Å². The minimum Gasteiger partial charge on any atom is -0.290 e. The van der Waals surface area contributed by atoms with Crippen molar-refractivity contribution in [1.29, 1.82) is 5.26 Å². The first-order valence-electron chi connectivity index (χ1n) is 7.66. The van der Waals surface area contributed by atoms with Crippen molar-refractivity contribution in [2.45, 2.75) is 18.9 Å². The summed E-state index contributed by atoms with van der Waals surface area (Å²) in [6, 6.07) is 20.3. The summed E-state index contributed by atoms with van der Waals surface area (Å²) in [5.41, 5.74) is 5.77. The summed E-state index contributed by atoms with van der Waals surface area (Å²) in [4.78, 5) is 2.46. The van der Waals surface area contributed by atoms with Crippen LogP contribution in [-0.2, 0) is 12.8 Å². The van der Waals surface area contributed by atoms with E-state index in [1.807, 2.05) is 0 Å². The van der Waals surface area contributed by atoms with Crippen molar-refractivity contribution < 1.29 is 0 Å². The normalized spacial score (nSPS) is 19.0. The first-order chi connectivity index (χ1) is 10.4. The molecule has 1 aliphatic carbocycles. The summed E-state index contributed by atoms with van der Waals surface area (Å²) in [7, 11) is 0. The van der Waals surface area contributed by atoms with E-state index >= 15 is 0 Å². The molecule has 0 aromatic heterocycles. The maximum absolute atomic E-state index is 9.07. The Bertz CT molecular complexity index is 660. The average Bonchev–Trinajstić information content (AvgIpc) is 2.64. The number of nitriles is 1. The molecule has 0 saturated carbocycles. The highest BCUT2D eigenvalue weighted by Gasteiger charge is 2.36. The molecule has 0 unspecified atom stereocenters. The molecule has 1 saturated heterocycles. The standard InChI is InChI=1S/C19H18N2/c20-11-14-12-21(13-14)19-17-7-3-1-5-15(17)9-10-16-6-2-4-8-18(16)19/h1-8,14,19H,9-10,12-13H2. The molecular formula is C19H18N2. The number of benzene rings is 2. The van der Waals surface area contributed by atoms with E-state index in [2.05, 4.69) is 59.5 Å². The third kappa shape index (κ3) is 2.05. The highest BCUT2D eigenvalue weighted by Crippen LogP contribution is 2.39. The second kappa shape index (κ2) is 5.02. The summed E-state index contributed by atoms with van der Waals surface area (Å²) in [5, 5.41) is 9.07. The third-order valence-corrected chi connectivity index (χ3v) is 4.82. The molecule has 1 heterocycles. The second-order valence-corrected chi connectivity index (χ2v) is 6.08. The Morgan fingerprint density at radius 3 is 1.90 bits per heavy atom. The number of aryl methyl sites for hydroxylation is 2. The number of rotatable bonds is 1. The van der Waals surface area contributed by atoms with E-state index < -0.39 is 0 Å². The SMILES string of the molecule is N#CC1CN(C2c3ccccc3CCc3ccccc32)C1. The van der Waals surface area contributed by atoms with E-state index in [1.165, 1.54) is 22.3 Å². The van der Waals surface area contributed by atoms with Crippen molar-refractivity contribution in [3.8, 4) is 6.07 Å². The zero-order valence-corrected chi connectivity index (χ0v) is 12.0. The average molecular weight is 274 g/mol. The molecule has 0 atom stereocenters. The van der Waals surface area contributed by atoms with Crippen molar-refractivity contribution in [2.24, 2.45) is 5.92 Å². The van der Waals surface area contributed by atoms with Gasteiger partial charge in [-0.15, -0.1) is 0 Å². The molecule has 4 rings (SSSR count). The van der Waals surface area contributed by atoms with Gasteiger partial charge in [0, 0.05) is 13.1 Å². The molecule has 2 aromatic rings. The quantitative estimate of drug-likeness (QED) is 0.797. The number of hydrogen-bond donors (Lipinski definition) is 0. The third-order valence-electron chi connectivity index (χ3n) is 4.82. The molecule has 0 radical (unpaired) electrons. The van der Waals surface area contributed by atoms with Gasteiger partial charge in [0.15, 0.2) is 0 Å². The molecule has 0 bridgehead atoms. The molecule has 0 amide bonds. The molecule has 0 spiro atoms. The van der Waals surface area contributed by atoms with Crippen LogP contribution in [0.5, 0.6) is 0 Å². The van der Waals surface area contributed by atoms with Crippen LogP contribution in [0.1, 0.15) is 28.3 Å². The molecule has 1 aliphatic heterocycles. The number of fused-ring (bicyclic) bond motifs is 2. The van der Waals surface area contributed by atoms with Crippen LogP contribution < -0.4 is 0 Å². The maximum Gasteiger partial charge on any atom is 0.0718 e. The number of likely N-dealkylation sites (tertiary alicyclic amines) is 1. The fraction of sp³-hybridized carbons (Fsp3) is 0.316. The summed E-state index contributed by atoms with van der Waals surface area (Å²) >= 11 is 0. The van der Waals surface area contributed by atoms with E-state index in [9.17, 15) is 0 Å². The van der Waals surface area contributed by atoms with Crippen LogP contribution in [0.4, 0.5) is 0 Å². The van der Waals surface area contributed by atoms with Gasteiger partial charge in [-0.05, 0) is 35.1 Å². The highest BCUT2D eigenvalue weighted by atomic mass is 15.2. The lowest BCUT2D eigenvalue weighted by atomic mass is 9.88. The monoisotopic (exact) mass is 274 g/mol. The van der Waals surface area contributed by atoms with E-state index in [0.29, 0.717) is 6.04 Å². The molecule has 21 heavy (non-hydrogen) atoms. The van der Waals surface area contributed by atoms with Crippen molar-refractivity contribution >= 4 is 0 Å². The van der Waals surface area contributed by atoms with Gasteiger partial charge in [0.05, 0.1) is 18.0 Å². The smallest absolute Gasteiger partial charge is 0.0718 e. The summed E-state index contributed by atoms with van der Waals surface area (Å²) in [6.07, 6.45) is 2.22. The molecule has 1 fully saturated rings. The van der Waals surface area contributed by atoms with E-state index in [-0.39, 0.29) is 5.92 Å². The van der Waals surface area contributed by atoms with Gasteiger partial charge in [-0.3, -0.25) is 4.90 Å². The fourth-order valence-corrected chi connectivity index (χ4v) is 3.69. The van der Waals surface area contributed by atoms with Crippen LogP contribution in [0.3, 0.4) is 0 Å². The van der Waals surface area contributed by atoms with Crippen LogP contribution in [-0.4, -0.2) is 18.0 Å². The molecule has 2 aliphatic rings. The second-order valence-electron chi connectivity index (χ2n) is 6.08. The lowest BCUT2D eigenvalue weighted by Gasteiger charge is -2.42. The lowest BCUT2D eigenvalue weighted by molar-refractivity contribution is 0.0989. The Balaban J connectivity index is 1.81. The predicted molar refractivity (Wildman–Crippen MR) is 82.8 cm³/mol. The van der Waals surface area contributed by atoms with Crippen LogP contribution in [0.25, 0.3) is 0 Å². The molecule has 2 aromatic carbocycles. The van der Waals surface area contributed by atoms with Gasteiger partial charge in [0.25, 0.3) is 0 Å². The Kier molecular flexibility index (Phi) is 3.02. The van der Waals surface area contributed by atoms with Gasteiger partial charge in [0.2, 0.25) is 0 Å². The zero-order chi connectivity index (χ0) is 14.2. The number of nitrogens with zero attached hydrogens (tertiary/aromatic N) is 2. The number of hydrogen-bond acceptors (Lipinski definition) is 2. The molecule has 0 N–H and O–H groups in total. The Labute approximate surface area is 125 Å². The Morgan fingerprint density at radius 2 is 1.38 bits per heavy atom. The Morgan fingerprint density at radius 1 is 0.857 bits per heavy atom. The summed E-state index contributed by atoms with van der Waals surface area (Å²) in [5.74, 6) is 0.201. The van der Waals surface area contributed by atoms with Gasteiger partial charge in [-0.1, -0.05) is 48.5 Å². The van der Waals surface area contributed by atoms with Gasteiger partial charge in [0.1, 0.15) is 0 Å². The van der Waals surface area contributed by atoms with Crippen LogP contribution in [0.15, 0.2) is 48.5 Å². The van der Waals surface area contributed by atoms with Gasteiger partial charge in [-0.2, -0.15) is 5.26 Å². The molecular weight excluding hydrogens is 256 g/mol. The van der Waals surface area contributed by atoms with Crippen LogP contribution >= 0.6 is 0 Å². The molecule has 104 valence electrons. The largest absolute Gasteiger partial charge is 0.290 e. The zero-order valence-electron chi connectivity index (χ0n) is 12.0. The Hall–Kier alpha value is -2.11. The van der Waals surface area contributed by atoms with Crippen molar-refractivity contribution in [3.05, 3.63) is 70.8 Å². The van der Waals surface area contributed by atoms with E-state index in [4.69, 9.17) is 5.26 Å². The topological polar surface area (TPSA) is 27.0 Å². The lowest BCUT2D eigenvalue weighted by Crippen LogP contribution is -2.48. The van der Waals surface area contributed by atoms with Crippen LogP contribution in [0.2, 0.25) is 0 Å². The first kappa shape index (κ1) is 12.6. The minimum atomic E-state index is 0.201. The van der Waals surface area contributed by atoms with E-state index in [1.54, 1.807) is 0 Å². The van der Waals surface area contributed by atoms with Crippen molar-refractivity contribution in [1.82, 2.24) is 4.90 Å². The van der Waals surface area contributed by atoms with Gasteiger partial charge in [-0.25, -0.2) is 0 Å². The molecule has 2 heteroatoms. The van der Waals surface area contributed by atoms with Gasteiger partial charge < -0.3 is 0 Å². The fourth-order valence-electron chi connectivity index (χ4n) is 3.69. The molecule has 2 nitrogen and oxygen atoms in total.